The molecule has 0 aliphatic carbocycles. The highest BCUT2D eigenvalue weighted by atomic mass is 79.9. The normalized spacial score (nSPS) is 10.1. The van der Waals surface area contributed by atoms with Crippen LogP contribution in [0, 0.1) is 11.6 Å². The summed E-state index contributed by atoms with van der Waals surface area (Å²) in [7, 11) is 0. The molecule has 1 aromatic carbocycles. The number of carbonyl (C=O) groups excluding carboxylic acids is 1. The third kappa shape index (κ3) is 3.14. The first-order valence-electron chi connectivity index (χ1n) is 4.05. The molecule has 0 spiro atoms. The molecule has 0 aliphatic rings. The van der Waals surface area contributed by atoms with Crippen molar-refractivity contribution in [3.8, 4) is 0 Å². The van der Waals surface area contributed by atoms with Crippen molar-refractivity contribution in [2.45, 2.75) is 0 Å². The first kappa shape index (κ1) is 12.4. The monoisotopic (exact) mass is 297 g/mol. The second-order valence-electron chi connectivity index (χ2n) is 2.69. The smallest absolute Gasteiger partial charge is 0.254 e. The summed E-state index contributed by atoms with van der Waals surface area (Å²) in [6.07, 6.45) is 0. The maximum Gasteiger partial charge on any atom is 0.254 e. The van der Waals surface area contributed by atoms with Crippen LogP contribution in [-0.2, 0) is 0 Å². The van der Waals surface area contributed by atoms with E-state index >= 15 is 0 Å². The van der Waals surface area contributed by atoms with E-state index in [1.165, 1.54) is 0 Å². The van der Waals surface area contributed by atoms with E-state index in [0.29, 0.717) is 11.9 Å². The van der Waals surface area contributed by atoms with E-state index in [4.69, 9.17) is 11.6 Å². The Balaban J connectivity index is 2.94. The van der Waals surface area contributed by atoms with E-state index in [0.717, 1.165) is 12.1 Å². The highest BCUT2D eigenvalue weighted by Crippen LogP contribution is 2.19. The summed E-state index contributed by atoms with van der Waals surface area (Å²) in [4.78, 5) is 11.3. The maximum atomic E-state index is 13.2. The summed E-state index contributed by atoms with van der Waals surface area (Å²) < 4.78 is 26.1. The lowest BCUT2D eigenvalue weighted by Gasteiger charge is -2.05. The molecule has 0 radical (unpaired) electrons. The Labute approximate surface area is 98.7 Å². The molecule has 1 aromatic rings. The summed E-state index contributed by atoms with van der Waals surface area (Å²) in [5.74, 6) is -2.32. The topological polar surface area (TPSA) is 29.1 Å². The zero-order chi connectivity index (χ0) is 11.4. The number of halogens is 4. The lowest BCUT2D eigenvalue weighted by atomic mass is 10.2. The zero-order valence-electron chi connectivity index (χ0n) is 7.49. The van der Waals surface area contributed by atoms with Crippen molar-refractivity contribution >= 4 is 33.4 Å². The first-order chi connectivity index (χ1) is 7.06. The molecule has 1 amide bonds. The van der Waals surface area contributed by atoms with Gasteiger partial charge in [-0.2, -0.15) is 0 Å². The van der Waals surface area contributed by atoms with Crippen LogP contribution in [0.15, 0.2) is 12.1 Å². The van der Waals surface area contributed by atoms with E-state index in [1.54, 1.807) is 0 Å². The fourth-order valence-electron chi connectivity index (χ4n) is 0.953. The van der Waals surface area contributed by atoms with Crippen molar-refractivity contribution in [1.82, 2.24) is 5.32 Å². The molecule has 0 aromatic heterocycles. The zero-order valence-corrected chi connectivity index (χ0v) is 9.83. The maximum absolute atomic E-state index is 13.2. The van der Waals surface area contributed by atoms with Crippen LogP contribution in [0.2, 0.25) is 5.02 Å². The molecule has 0 fully saturated rings. The minimum Gasteiger partial charge on any atom is -0.351 e. The molecule has 2 nitrogen and oxygen atoms in total. The Bertz CT molecular complexity index is 387. The number of rotatable bonds is 3. The molecule has 6 heteroatoms. The molecule has 0 heterocycles. The van der Waals surface area contributed by atoms with E-state index in [2.05, 4.69) is 21.2 Å². The Morgan fingerprint density at radius 1 is 1.40 bits per heavy atom. The summed E-state index contributed by atoms with van der Waals surface area (Å²) in [5.41, 5.74) is -0.349. The number of amides is 1. The summed E-state index contributed by atoms with van der Waals surface area (Å²) >= 11 is 8.43. The number of carbonyl (C=O) groups is 1. The van der Waals surface area contributed by atoms with Crippen molar-refractivity contribution in [2.75, 3.05) is 11.9 Å². The van der Waals surface area contributed by atoms with Gasteiger partial charge < -0.3 is 5.32 Å². The molecule has 15 heavy (non-hydrogen) atoms. The van der Waals surface area contributed by atoms with E-state index in [1.807, 2.05) is 0 Å². The largest absolute Gasteiger partial charge is 0.351 e. The van der Waals surface area contributed by atoms with Gasteiger partial charge in [0.05, 0.1) is 10.6 Å². The minimum atomic E-state index is -0.839. The molecule has 0 bridgehead atoms. The van der Waals surface area contributed by atoms with Crippen LogP contribution in [0.25, 0.3) is 0 Å². The van der Waals surface area contributed by atoms with Crippen molar-refractivity contribution < 1.29 is 13.6 Å². The highest BCUT2D eigenvalue weighted by molar-refractivity contribution is 9.09. The van der Waals surface area contributed by atoms with Crippen LogP contribution < -0.4 is 5.32 Å². The second-order valence-corrected chi connectivity index (χ2v) is 3.89. The van der Waals surface area contributed by atoms with Gasteiger partial charge in [0.2, 0.25) is 0 Å². The minimum absolute atomic E-state index is 0.336. The van der Waals surface area contributed by atoms with Gasteiger partial charge >= 0.3 is 0 Å². The lowest BCUT2D eigenvalue weighted by molar-refractivity contribution is 0.0952. The van der Waals surface area contributed by atoms with Gasteiger partial charge in [0.15, 0.2) is 0 Å². The van der Waals surface area contributed by atoms with Gasteiger partial charge in [-0.05, 0) is 12.1 Å². The molecular formula is C9H7BrClF2NO. The fourth-order valence-corrected chi connectivity index (χ4v) is 1.30. The Hall–Kier alpha value is -0.680. The summed E-state index contributed by atoms with van der Waals surface area (Å²) in [6, 6.07) is 1.56. The quantitative estimate of drug-likeness (QED) is 0.675. The van der Waals surface area contributed by atoms with E-state index in [9.17, 15) is 13.6 Å². The van der Waals surface area contributed by atoms with Gasteiger partial charge in [0.1, 0.15) is 11.6 Å². The molecule has 0 saturated heterocycles. The van der Waals surface area contributed by atoms with Gasteiger partial charge in [-0.15, -0.1) is 0 Å². The molecule has 1 N–H and O–H groups in total. The van der Waals surface area contributed by atoms with Gasteiger partial charge in [-0.25, -0.2) is 8.78 Å². The third-order valence-corrected chi connectivity index (χ3v) is 2.32. The van der Waals surface area contributed by atoms with E-state index in [-0.39, 0.29) is 10.6 Å². The molecular weight excluding hydrogens is 291 g/mol. The van der Waals surface area contributed by atoms with Crippen LogP contribution in [0.5, 0.6) is 0 Å². The molecule has 0 saturated carbocycles. The summed E-state index contributed by atoms with van der Waals surface area (Å²) in [6.45, 7) is 0.336. The predicted octanol–water partition coefficient (Wildman–Crippen LogP) is 2.74. The van der Waals surface area contributed by atoms with Crippen LogP contribution in [0.3, 0.4) is 0 Å². The predicted molar refractivity (Wildman–Crippen MR) is 57.5 cm³/mol. The SMILES string of the molecule is O=C(NCCBr)c1cc(F)c(Cl)cc1F. The standard InChI is InChI=1S/C9H7BrClF2NO/c10-1-2-14-9(15)5-3-8(13)6(11)4-7(5)12/h3-4H,1-2H2,(H,14,15). The third-order valence-electron chi connectivity index (χ3n) is 1.63. The van der Waals surface area contributed by atoms with Crippen molar-refractivity contribution in [2.24, 2.45) is 0 Å². The van der Waals surface area contributed by atoms with Crippen LogP contribution in [-0.4, -0.2) is 17.8 Å². The molecule has 1 rings (SSSR count). The van der Waals surface area contributed by atoms with Gasteiger partial charge in [0.25, 0.3) is 5.91 Å². The van der Waals surface area contributed by atoms with Crippen molar-refractivity contribution in [3.63, 3.8) is 0 Å². The average molecular weight is 299 g/mol. The Morgan fingerprint density at radius 2 is 2.07 bits per heavy atom. The number of nitrogens with one attached hydrogen (secondary N) is 1. The average Bonchev–Trinajstić information content (AvgIpc) is 2.20. The van der Waals surface area contributed by atoms with Gasteiger partial charge in [0, 0.05) is 11.9 Å². The van der Waals surface area contributed by atoms with Crippen LogP contribution in [0.1, 0.15) is 10.4 Å². The molecule has 0 aliphatic heterocycles. The molecule has 0 unspecified atom stereocenters. The molecule has 82 valence electrons. The Kier molecular flexibility index (Phi) is 4.47. The number of benzene rings is 1. The Morgan fingerprint density at radius 3 is 2.67 bits per heavy atom. The lowest BCUT2D eigenvalue weighted by Crippen LogP contribution is -2.26. The van der Waals surface area contributed by atoms with Crippen LogP contribution in [0.4, 0.5) is 8.78 Å². The van der Waals surface area contributed by atoms with Crippen molar-refractivity contribution in [3.05, 3.63) is 34.4 Å². The highest BCUT2D eigenvalue weighted by Gasteiger charge is 2.14. The first-order valence-corrected chi connectivity index (χ1v) is 5.55. The second kappa shape index (κ2) is 5.42. The number of alkyl halides is 1. The number of hydrogen-bond acceptors (Lipinski definition) is 1. The number of hydrogen-bond donors (Lipinski definition) is 1. The molecule has 0 atom stereocenters. The van der Waals surface area contributed by atoms with Crippen LogP contribution >= 0.6 is 27.5 Å². The van der Waals surface area contributed by atoms with E-state index < -0.39 is 17.5 Å². The summed E-state index contributed by atoms with van der Waals surface area (Å²) in [5, 5.41) is 2.60. The van der Waals surface area contributed by atoms with Crippen molar-refractivity contribution in [1.29, 1.82) is 0 Å². The fraction of sp³-hybridized carbons (Fsp3) is 0.222. The van der Waals surface area contributed by atoms with Gasteiger partial charge in [-0.3, -0.25) is 4.79 Å². The van der Waals surface area contributed by atoms with Gasteiger partial charge in [-0.1, -0.05) is 27.5 Å².